The minimum atomic E-state index is -0.840. The van der Waals surface area contributed by atoms with E-state index in [1.54, 1.807) is 6.92 Å². The summed E-state index contributed by atoms with van der Waals surface area (Å²) < 4.78 is 13.9. The molecule has 1 unspecified atom stereocenters. The number of carbonyl (C=O) groups excluding carboxylic acids is 2. The zero-order valence-corrected chi connectivity index (χ0v) is 8.03. The largest absolute Gasteiger partial charge is 0.463 e. The van der Waals surface area contributed by atoms with Crippen molar-refractivity contribution in [3.63, 3.8) is 0 Å². The van der Waals surface area contributed by atoms with Crippen LogP contribution in [0.4, 0.5) is 0 Å². The van der Waals surface area contributed by atoms with Gasteiger partial charge in [0, 0.05) is 13.5 Å². The van der Waals surface area contributed by atoms with E-state index in [9.17, 15) is 9.59 Å². The lowest BCUT2D eigenvalue weighted by Crippen LogP contribution is -2.22. The maximum atomic E-state index is 11.0. The second-order valence-electron chi connectivity index (χ2n) is 2.50. The molecule has 0 aromatic rings. The lowest BCUT2D eigenvalue weighted by Gasteiger charge is -2.09. The number of methoxy groups -OCH3 is 2. The van der Waals surface area contributed by atoms with Gasteiger partial charge in [-0.25, -0.2) is 4.79 Å². The molecule has 0 aliphatic carbocycles. The van der Waals surface area contributed by atoms with E-state index in [0.29, 0.717) is 0 Å². The Morgan fingerprint density at radius 1 is 1.31 bits per heavy atom. The molecule has 0 aromatic heterocycles. The molecule has 0 rings (SSSR count). The zero-order chi connectivity index (χ0) is 10.3. The summed E-state index contributed by atoms with van der Waals surface area (Å²) in [6.45, 7) is 1.79. The van der Waals surface area contributed by atoms with E-state index in [4.69, 9.17) is 4.74 Å². The molecular weight excluding hydrogens is 176 g/mol. The number of carbonyl (C=O) groups is 2. The molecule has 1 atom stereocenters. The summed E-state index contributed by atoms with van der Waals surface area (Å²) in [7, 11) is 2.65. The van der Waals surface area contributed by atoms with Gasteiger partial charge in [-0.3, -0.25) is 4.79 Å². The Bertz CT molecular complexity index is 177. The molecule has 0 radical (unpaired) electrons. The van der Waals surface area contributed by atoms with Crippen LogP contribution in [0, 0.1) is 0 Å². The third-order valence-electron chi connectivity index (χ3n) is 1.36. The summed E-state index contributed by atoms with van der Waals surface area (Å²) in [5, 5.41) is 0. The second-order valence-corrected chi connectivity index (χ2v) is 2.50. The minimum absolute atomic E-state index is 0.00995. The van der Waals surface area contributed by atoms with Gasteiger partial charge in [-0.1, -0.05) is 0 Å². The number of esters is 1. The molecule has 0 bridgehead atoms. The van der Waals surface area contributed by atoms with Gasteiger partial charge in [-0.15, -0.1) is 0 Å². The first-order chi connectivity index (χ1) is 6.11. The van der Waals surface area contributed by atoms with Gasteiger partial charge in [0.2, 0.25) is 5.78 Å². The molecule has 5 nitrogen and oxygen atoms in total. The van der Waals surface area contributed by atoms with Crippen molar-refractivity contribution < 1.29 is 23.8 Å². The van der Waals surface area contributed by atoms with E-state index >= 15 is 0 Å². The van der Waals surface area contributed by atoms with Gasteiger partial charge < -0.3 is 14.2 Å². The predicted octanol–water partition coefficient (Wildman–Crippen LogP) is 0.128. The predicted molar refractivity (Wildman–Crippen MR) is 44.1 cm³/mol. The molecule has 0 saturated carbocycles. The standard InChI is InChI=1S/C8H14O5/c1-6(13-5-11-2)4-7(9)8(10)12-3/h6H,4-5H2,1-3H3. The number of rotatable bonds is 6. The Morgan fingerprint density at radius 2 is 1.92 bits per heavy atom. The lowest BCUT2D eigenvalue weighted by molar-refractivity contribution is -0.153. The monoisotopic (exact) mass is 190 g/mol. The van der Waals surface area contributed by atoms with Crippen LogP contribution in [0.5, 0.6) is 0 Å². The van der Waals surface area contributed by atoms with Gasteiger partial charge in [0.1, 0.15) is 6.79 Å². The smallest absolute Gasteiger partial charge is 0.374 e. The van der Waals surface area contributed by atoms with Gasteiger partial charge in [0.15, 0.2) is 0 Å². The molecule has 0 N–H and O–H groups in total. The van der Waals surface area contributed by atoms with Crippen molar-refractivity contribution in [3.8, 4) is 0 Å². The lowest BCUT2D eigenvalue weighted by atomic mass is 10.2. The summed E-state index contributed by atoms with van der Waals surface area (Å²) in [5.74, 6) is -1.43. The van der Waals surface area contributed by atoms with E-state index in [1.165, 1.54) is 14.2 Å². The van der Waals surface area contributed by atoms with E-state index in [0.717, 1.165) is 0 Å². The Morgan fingerprint density at radius 3 is 2.38 bits per heavy atom. The van der Waals surface area contributed by atoms with Crippen LogP contribution in [-0.2, 0) is 23.8 Å². The van der Waals surface area contributed by atoms with Crippen LogP contribution in [0.15, 0.2) is 0 Å². The highest BCUT2D eigenvalue weighted by Crippen LogP contribution is 1.99. The first kappa shape index (κ1) is 12.1. The average Bonchev–Trinajstić information content (AvgIpc) is 2.13. The molecule has 0 aliphatic heterocycles. The van der Waals surface area contributed by atoms with Crippen LogP contribution in [0.1, 0.15) is 13.3 Å². The maximum absolute atomic E-state index is 11.0. The van der Waals surface area contributed by atoms with Crippen molar-refractivity contribution in [2.24, 2.45) is 0 Å². The summed E-state index contributed by atoms with van der Waals surface area (Å²) >= 11 is 0. The van der Waals surface area contributed by atoms with E-state index in [1.807, 2.05) is 0 Å². The fourth-order valence-electron chi connectivity index (χ4n) is 0.701. The van der Waals surface area contributed by atoms with Gasteiger partial charge in [-0.2, -0.15) is 0 Å². The average molecular weight is 190 g/mol. The fourth-order valence-corrected chi connectivity index (χ4v) is 0.701. The van der Waals surface area contributed by atoms with Crippen molar-refractivity contribution in [2.75, 3.05) is 21.0 Å². The van der Waals surface area contributed by atoms with Gasteiger partial charge >= 0.3 is 5.97 Å². The van der Waals surface area contributed by atoms with Crippen LogP contribution in [-0.4, -0.2) is 38.9 Å². The van der Waals surface area contributed by atoms with Crippen molar-refractivity contribution in [1.29, 1.82) is 0 Å². The first-order valence-electron chi connectivity index (χ1n) is 3.83. The van der Waals surface area contributed by atoms with Crippen molar-refractivity contribution in [2.45, 2.75) is 19.4 Å². The highest BCUT2D eigenvalue weighted by Gasteiger charge is 2.17. The Labute approximate surface area is 77.0 Å². The van der Waals surface area contributed by atoms with Crippen LogP contribution in [0.25, 0.3) is 0 Å². The molecule has 0 spiro atoms. The van der Waals surface area contributed by atoms with E-state index < -0.39 is 11.8 Å². The molecule has 0 heterocycles. The summed E-state index contributed by atoms with van der Waals surface area (Å²) in [4.78, 5) is 21.6. The summed E-state index contributed by atoms with van der Waals surface area (Å²) in [6.07, 6.45) is -0.331. The quantitative estimate of drug-likeness (QED) is 0.338. The molecule has 0 saturated heterocycles. The first-order valence-corrected chi connectivity index (χ1v) is 3.83. The third kappa shape index (κ3) is 5.32. The highest BCUT2D eigenvalue weighted by atomic mass is 16.7. The highest BCUT2D eigenvalue weighted by molar-refractivity contribution is 6.33. The minimum Gasteiger partial charge on any atom is -0.463 e. The topological polar surface area (TPSA) is 61.8 Å². The second kappa shape index (κ2) is 6.56. The number of hydrogen-bond donors (Lipinski definition) is 0. The van der Waals surface area contributed by atoms with Gasteiger partial charge in [-0.05, 0) is 6.92 Å². The number of Topliss-reactive ketones (excluding diaryl/α,β-unsaturated/α-hetero) is 1. The third-order valence-corrected chi connectivity index (χ3v) is 1.36. The van der Waals surface area contributed by atoms with Crippen molar-refractivity contribution in [1.82, 2.24) is 0 Å². The van der Waals surface area contributed by atoms with Gasteiger partial charge in [0.05, 0.1) is 13.2 Å². The number of ether oxygens (including phenoxy) is 3. The molecule has 0 aliphatic rings. The molecular formula is C8H14O5. The molecule has 5 heteroatoms. The van der Waals surface area contributed by atoms with E-state index in [-0.39, 0.29) is 19.3 Å². The Balaban J connectivity index is 3.71. The molecule has 76 valence electrons. The van der Waals surface area contributed by atoms with Crippen LogP contribution in [0.3, 0.4) is 0 Å². The van der Waals surface area contributed by atoms with Crippen LogP contribution in [0.2, 0.25) is 0 Å². The van der Waals surface area contributed by atoms with Crippen LogP contribution < -0.4 is 0 Å². The van der Waals surface area contributed by atoms with Crippen molar-refractivity contribution in [3.05, 3.63) is 0 Å². The number of hydrogen-bond acceptors (Lipinski definition) is 5. The molecule has 0 fully saturated rings. The normalized spacial score (nSPS) is 12.2. The van der Waals surface area contributed by atoms with Crippen LogP contribution >= 0.6 is 0 Å². The summed E-state index contributed by atoms with van der Waals surface area (Å²) in [6, 6.07) is 0. The number of ketones is 1. The Kier molecular flexibility index (Phi) is 6.09. The molecule has 13 heavy (non-hydrogen) atoms. The zero-order valence-electron chi connectivity index (χ0n) is 8.03. The SMILES string of the molecule is COCOC(C)CC(=O)C(=O)OC. The molecule has 0 amide bonds. The fraction of sp³-hybridized carbons (Fsp3) is 0.750. The summed E-state index contributed by atoms with van der Waals surface area (Å²) in [5.41, 5.74) is 0. The maximum Gasteiger partial charge on any atom is 0.374 e. The van der Waals surface area contributed by atoms with Crippen molar-refractivity contribution >= 4 is 11.8 Å². The van der Waals surface area contributed by atoms with Gasteiger partial charge in [0.25, 0.3) is 0 Å². The Hall–Kier alpha value is -0.940. The molecule has 0 aromatic carbocycles. The van der Waals surface area contributed by atoms with E-state index in [2.05, 4.69) is 9.47 Å².